The summed E-state index contributed by atoms with van der Waals surface area (Å²) in [6.45, 7) is 0. The second-order valence-electron chi connectivity index (χ2n) is 7.87. The Labute approximate surface area is 188 Å². The molecule has 9 heteroatoms. The highest BCUT2D eigenvalue weighted by molar-refractivity contribution is 6.39. The van der Waals surface area contributed by atoms with E-state index in [4.69, 9.17) is 17.3 Å². The zero-order valence-corrected chi connectivity index (χ0v) is 18.1. The summed E-state index contributed by atoms with van der Waals surface area (Å²) >= 11 is 6.87. The van der Waals surface area contributed by atoms with Gasteiger partial charge in [0.1, 0.15) is 11.5 Å². The lowest BCUT2D eigenvalue weighted by Gasteiger charge is -2.13. The largest absolute Gasteiger partial charge is 0.383 e. The van der Waals surface area contributed by atoms with Crippen molar-refractivity contribution in [2.24, 2.45) is 0 Å². The van der Waals surface area contributed by atoms with Crippen LogP contribution in [0.15, 0.2) is 42.9 Å². The topological polar surface area (TPSA) is 117 Å². The number of H-pyrrole nitrogens is 1. The van der Waals surface area contributed by atoms with Crippen LogP contribution in [-0.2, 0) is 11.2 Å². The zero-order chi connectivity index (χ0) is 22.6. The molecule has 1 aliphatic heterocycles. The highest BCUT2D eigenvalue weighted by Gasteiger charge is 2.21. The predicted molar refractivity (Wildman–Crippen MR) is 125 cm³/mol. The van der Waals surface area contributed by atoms with Gasteiger partial charge in [-0.1, -0.05) is 17.7 Å². The van der Waals surface area contributed by atoms with E-state index in [0.717, 1.165) is 27.8 Å². The number of nitrogen functional groups attached to an aromatic ring is 1. The number of benzene rings is 1. The molecule has 4 N–H and O–H groups in total. The molecule has 4 aromatic rings. The number of nitrogens with two attached hydrogens (primary N) is 1. The monoisotopic (exact) mass is 446 g/mol. The summed E-state index contributed by atoms with van der Waals surface area (Å²) in [6, 6.07) is 7.49. The molecule has 0 spiro atoms. The number of aromatic nitrogens is 3. The molecule has 160 valence electrons. The summed E-state index contributed by atoms with van der Waals surface area (Å²) in [5.74, 6) is -0.108. The molecule has 0 radical (unpaired) electrons. The Morgan fingerprint density at radius 1 is 1.12 bits per heavy atom. The van der Waals surface area contributed by atoms with E-state index in [1.165, 1.54) is 4.90 Å². The molecule has 3 aromatic heterocycles. The number of rotatable bonds is 3. The van der Waals surface area contributed by atoms with Gasteiger partial charge in [-0.05, 0) is 29.3 Å². The van der Waals surface area contributed by atoms with Crippen molar-refractivity contribution in [2.75, 3.05) is 25.1 Å². The van der Waals surface area contributed by atoms with Crippen LogP contribution >= 0.6 is 11.6 Å². The summed E-state index contributed by atoms with van der Waals surface area (Å²) in [7, 11) is 3.31. The average molecular weight is 447 g/mol. The quantitative estimate of drug-likeness (QED) is 0.443. The van der Waals surface area contributed by atoms with Crippen LogP contribution in [0.2, 0.25) is 5.02 Å². The van der Waals surface area contributed by atoms with Gasteiger partial charge in [0, 0.05) is 60.4 Å². The maximum absolute atomic E-state index is 12.5. The van der Waals surface area contributed by atoms with Crippen molar-refractivity contribution in [3.63, 3.8) is 0 Å². The molecule has 0 unspecified atom stereocenters. The smallest absolute Gasteiger partial charge is 0.257 e. The molecule has 0 atom stereocenters. The molecule has 0 bridgehead atoms. The fraction of sp³-hybridized carbons (Fsp3) is 0.130. The molecule has 0 saturated heterocycles. The number of hydrogen-bond donors (Lipinski definition) is 3. The third-order valence-corrected chi connectivity index (χ3v) is 5.94. The maximum Gasteiger partial charge on any atom is 0.257 e. The third kappa shape index (κ3) is 3.16. The van der Waals surface area contributed by atoms with E-state index in [9.17, 15) is 9.59 Å². The van der Waals surface area contributed by atoms with E-state index < -0.39 is 0 Å². The number of amides is 2. The van der Waals surface area contributed by atoms with Gasteiger partial charge in [0.25, 0.3) is 5.91 Å². The van der Waals surface area contributed by atoms with Gasteiger partial charge in [0.15, 0.2) is 0 Å². The first-order valence-electron chi connectivity index (χ1n) is 9.89. The van der Waals surface area contributed by atoms with Crippen LogP contribution in [0.4, 0.5) is 11.5 Å². The summed E-state index contributed by atoms with van der Waals surface area (Å²) in [5, 5.41) is 4.07. The van der Waals surface area contributed by atoms with Gasteiger partial charge in [-0.2, -0.15) is 0 Å². The van der Waals surface area contributed by atoms with Gasteiger partial charge >= 0.3 is 0 Å². The van der Waals surface area contributed by atoms with Crippen LogP contribution in [0.5, 0.6) is 0 Å². The van der Waals surface area contributed by atoms with Crippen molar-refractivity contribution >= 4 is 46.0 Å². The Kier molecular flexibility index (Phi) is 4.60. The number of carbonyl (C=O) groups excluding carboxylic acids is 2. The predicted octanol–water partition coefficient (Wildman–Crippen LogP) is 3.72. The van der Waals surface area contributed by atoms with E-state index in [2.05, 4.69) is 20.3 Å². The minimum atomic E-state index is -0.245. The number of aromatic amines is 1. The van der Waals surface area contributed by atoms with Crippen molar-refractivity contribution in [2.45, 2.75) is 6.42 Å². The van der Waals surface area contributed by atoms with E-state index in [1.807, 2.05) is 24.4 Å². The number of nitrogens with one attached hydrogen (secondary N) is 2. The van der Waals surface area contributed by atoms with Crippen molar-refractivity contribution in [3.8, 4) is 22.3 Å². The first-order chi connectivity index (χ1) is 15.3. The SMILES string of the molecule is CN(C)C(=O)c1cc(-c2cnc3[nH]cc(-c4ccc5c(c4)CC(=O)N5)c3c2Cl)cnc1N. The highest BCUT2D eigenvalue weighted by Crippen LogP contribution is 2.40. The Morgan fingerprint density at radius 2 is 1.94 bits per heavy atom. The summed E-state index contributed by atoms with van der Waals surface area (Å²) < 4.78 is 0. The maximum atomic E-state index is 12.5. The number of carbonyl (C=O) groups is 2. The van der Waals surface area contributed by atoms with Crippen LogP contribution in [0.25, 0.3) is 33.3 Å². The van der Waals surface area contributed by atoms with E-state index in [-0.39, 0.29) is 17.6 Å². The molecular weight excluding hydrogens is 428 g/mol. The number of halogens is 1. The fourth-order valence-corrected chi connectivity index (χ4v) is 4.27. The van der Waals surface area contributed by atoms with Gasteiger partial charge in [-0.3, -0.25) is 9.59 Å². The van der Waals surface area contributed by atoms with Crippen molar-refractivity contribution < 1.29 is 9.59 Å². The molecule has 0 saturated carbocycles. The Bertz CT molecular complexity index is 1430. The molecule has 0 aliphatic carbocycles. The molecule has 1 aliphatic rings. The van der Waals surface area contributed by atoms with Crippen LogP contribution in [0.3, 0.4) is 0 Å². The number of pyridine rings is 2. The highest BCUT2D eigenvalue weighted by atomic mass is 35.5. The van der Waals surface area contributed by atoms with Crippen molar-refractivity contribution in [1.82, 2.24) is 19.9 Å². The molecule has 1 aromatic carbocycles. The number of fused-ring (bicyclic) bond motifs is 2. The normalized spacial score (nSPS) is 12.7. The summed E-state index contributed by atoms with van der Waals surface area (Å²) in [4.78, 5) is 37.5. The van der Waals surface area contributed by atoms with Gasteiger partial charge in [-0.15, -0.1) is 0 Å². The molecule has 8 nitrogen and oxygen atoms in total. The molecule has 5 rings (SSSR count). The second kappa shape index (κ2) is 7.35. The number of anilines is 2. The van der Waals surface area contributed by atoms with E-state index in [1.54, 1.807) is 32.6 Å². The van der Waals surface area contributed by atoms with Crippen LogP contribution in [-0.4, -0.2) is 45.8 Å². The minimum absolute atomic E-state index is 0.0167. The Morgan fingerprint density at radius 3 is 2.72 bits per heavy atom. The van der Waals surface area contributed by atoms with Gasteiger partial charge < -0.3 is 20.9 Å². The molecule has 2 amide bonds. The van der Waals surface area contributed by atoms with Gasteiger partial charge in [0.05, 0.1) is 17.0 Å². The molecular formula is C23H19ClN6O2. The first-order valence-corrected chi connectivity index (χ1v) is 10.3. The van der Waals surface area contributed by atoms with Gasteiger partial charge in [0.2, 0.25) is 5.91 Å². The van der Waals surface area contributed by atoms with E-state index >= 15 is 0 Å². The van der Waals surface area contributed by atoms with Crippen molar-refractivity contribution in [1.29, 1.82) is 0 Å². The standard InChI is InChI=1S/C23H19ClN6O2/c1-30(2)23(32)14-6-13(8-26-21(14)25)16-10-28-22-19(20(16)24)15(9-27-22)11-3-4-17-12(5-11)7-18(31)29-17/h3-6,8-10H,7H2,1-2H3,(H2,25,26)(H,27,28)(H,29,31). The molecule has 4 heterocycles. The fourth-order valence-electron chi connectivity index (χ4n) is 3.92. The second-order valence-corrected chi connectivity index (χ2v) is 8.24. The lowest BCUT2D eigenvalue weighted by atomic mass is 9.99. The minimum Gasteiger partial charge on any atom is -0.383 e. The third-order valence-electron chi connectivity index (χ3n) is 5.55. The Balaban J connectivity index is 1.65. The lowest BCUT2D eigenvalue weighted by Crippen LogP contribution is -2.23. The van der Waals surface area contributed by atoms with Crippen LogP contribution in [0.1, 0.15) is 15.9 Å². The molecule has 32 heavy (non-hydrogen) atoms. The lowest BCUT2D eigenvalue weighted by molar-refractivity contribution is -0.115. The Hall–Kier alpha value is -3.91. The number of nitrogens with zero attached hydrogens (tertiary/aromatic N) is 3. The van der Waals surface area contributed by atoms with Crippen molar-refractivity contribution in [3.05, 3.63) is 59.0 Å². The summed E-state index contributed by atoms with van der Waals surface area (Å²) in [6.07, 6.45) is 5.42. The number of hydrogen-bond acceptors (Lipinski definition) is 5. The molecule has 0 fully saturated rings. The van der Waals surface area contributed by atoms with Gasteiger partial charge in [-0.25, -0.2) is 9.97 Å². The average Bonchev–Trinajstić information content (AvgIpc) is 3.36. The van der Waals surface area contributed by atoms with E-state index in [0.29, 0.717) is 33.8 Å². The summed E-state index contributed by atoms with van der Waals surface area (Å²) in [5.41, 5.74) is 11.7. The van der Waals surface area contributed by atoms with Crippen LogP contribution < -0.4 is 11.1 Å². The first kappa shape index (κ1) is 20.0. The van der Waals surface area contributed by atoms with Crippen LogP contribution in [0, 0.1) is 0 Å². The zero-order valence-electron chi connectivity index (χ0n) is 17.4.